The molecule has 30 heavy (non-hydrogen) atoms. The van der Waals surface area contributed by atoms with Gasteiger partial charge in [-0.25, -0.2) is 0 Å². The fourth-order valence-electron chi connectivity index (χ4n) is 3.30. The maximum absolute atomic E-state index is 13.2. The second-order valence-electron chi connectivity index (χ2n) is 8.49. The van der Waals surface area contributed by atoms with Crippen LogP contribution in [0.5, 0.6) is 0 Å². The first kappa shape index (κ1) is 25.8. The lowest BCUT2D eigenvalue weighted by atomic mass is 9.99. The molecule has 0 spiro atoms. The number of ether oxygens (including phenoxy) is 1. The van der Waals surface area contributed by atoms with E-state index in [9.17, 15) is 9.90 Å². The number of nitrogens with zero attached hydrogens (tertiary/aromatic N) is 2. The first-order valence-corrected chi connectivity index (χ1v) is 10.9. The van der Waals surface area contributed by atoms with Crippen LogP contribution in [0.1, 0.15) is 54.4 Å². The third-order valence-electron chi connectivity index (χ3n) is 5.25. The summed E-state index contributed by atoms with van der Waals surface area (Å²) < 4.78 is 6.04. The van der Waals surface area contributed by atoms with E-state index in [0.717, 1.165) is 24.2 Å². The number of likely N-dealkylation sites (N-methyl/N-ethyl adjacent to an activating group) is 1. The molecule has 0 bridgehead atoms. The van der Waals surface area contributed by atoms with Crippen LogP contribution in [0.3, 0.4) is 0 Å². The Morgan fingerprint density at radius 3 is 2.53 bits per heavy atom. The van der Waals surface area contributed by atoms with Gasteiger partial charge in [0.25, 0.3) is 0 Å². The monoisotopic (exact) mass is 419 g/mol. The predicted molar refractivity (Wildman–Crippen MR) is 123 cm³/mol. The molecule has 6 nitrogen and oxygen atoms in total. The van der Waals surface area contributed by atoms with Gasteiger partial charge in [0.15, 0.2) is 0 Å². The van der Waals surface area contributed by atoms with E-state index < -0.39 is 6.10 Å². The molecule has 3 atom stereocenters. The Morgan fingerprint density at radius 2 is 1.97 bits per heavy atom. The zero-order valence-electron chi connectivity index (χ0n) is 19.8. The summed E-state index contributed by atoms with van der Waals surface area (Å²) in [5, 5.41) is 9.93. The first-order chi connectivity index (χ1) is 14.0. The number of hydrogen-bond acceptors (Lipinski definition) is 5. The molecule has 170 valence electrons. The summed E-state index contributed by atoms with van der Waals surface area (Å²) in [6.45, 7) is 13.1. The molecule has 3 unspecified atom stereocenters. The summed E-state index contributed by atoms with van der Waals surface area (Å²) in [4.78, 5) is 16.8. The number of allylic oxidation sites excluding steroid dienone is 4. The van der Waals surface area contributed by atoms with Crippen molar-refractivity contribution in [3.63, 3.8) is 0 Å². The van der Waals surface area contributed by atoms with Crippen LogP contribution in [-0.4, -0.2) is 59.7 Å². The summed E-state index contributed by atoms with van der Waals surface area (Å²) in [5.74, 6) is 0.534. The normalized spacial score (nSPS) is 18.3. The minimum atomic E-state index is -0.605. The zero-order chi connectivity index (χ0) is 22.8. The molecular weight excluding hydrogens is 378 g/mol. The molecule has 0 fully saturated rings. The highest BCUT2D eigenvalue weighted by Gasteiger charge is 2.25. The number of amides is 1. The van der Waals surface area contributed by atoms with Crippen LogP contribution in [0.15, 0.2) is 47.0 Å². The summed E-state index contributed by atoms with van der Waals surface area (Å²) in [6, 6.07) is 0. The molecule has 6 heteroatoms. The Labute approximate surface area is 182 Å². The van der Waals surface area contributed by atoms with Gasteiger partial charge in [-0.2, -0.15) is 0 Å². The van der Waals surface area contributed by atoms with Crippen molar-refractivity contribution in [3.8, 4) is 0 Å². The second-order valence-corrected chi connectivity index (χ2v) is 8.49. The smallest absolute Gasteiger partial charge is 0.229 e. The zero-order valence-corrected chi connectivity index (χ0v) is 19.8. The molecule has 0 aromatic heterocycles. The van der Waals surface area contributed by atoms with Crippen molar-refractivity contribution in [1.82, 2.24) is 9.80 Å². The number of nitrogens with two attached hydrogens (primary N) is 1. The van der Waals surface area contributed by atoms with Crippen LogP contribution in [-0.2, 0) is 9.53 Å². The van der Waals surface area contributed by atoms with Gasteiger partial charge in [-0.3, -0.25) is 4.79 Å². The third-order valence-corrected chi connectivity index (χ3v) is 5.25. The van der Waals surface area contributed by atoms with Crippen molar-refractivity contribution in [1.29, 1.82) is 0 Å². The highest BCUT2D eigenvalue weighted by atomic mass is 16.5. The summed E-state index contributed by atoms with van der Waals surface area (Å²) in [7, 11) is 1.94. The Bertz CT molecular complexity index is 692. The molecule has 0 aromatic rings. The van der Waals surface area contributed by atoms with Crippen LogP contribution >= 0.6 is 0 Å². The van der Waals surface area contributed by atoms with E-state index >= 15 is 0 Å². The summed E-state index contributed by atoms with van der Waals surface area (Å²) >= 11 is 0. The highest BCUT2D eigenvalue weighted by Crippen LogP contribution is 2.18. The Morgan fingerprint density at radius 1 is 1.30 bits per heavy atom. The quantitative estimate of drug-likeness (QED) is 0.501. The van der Waals surface area contributed by atoms with Crippen LogP contribution < -0.4 is 5.73 Å². The summed E-state index contributed by atoms with van der Waals surface area (Å²) in [5.41, 5.74) is 8.93. The Balaban J connectivity index is 2.80. The van der Waals surface area contributed by atoms with Gasteiger partial charge in [0.2, 0.25) is 5.91 Å². The number of aliphatic hydroxyl groups excluding tert-OH is 1. The number of hydrogen-bond donors (Lipinski definition) is 2. The van der Waals surface area contributed by atoms with Crippen LogP contribution in [0.4, 0.5) is 0 Å². The van der Waals surface area contributed by atoms with Gasteiger partial charge < -0.3 is 25.4 Å². The molecule has 1 aliphatic heterocycles. The predicted octanol–water partition coefficient (Wildman–Crippen LogP) is 3.56. The fourth-order valence-corrected chi connectivity index (χ4v) is 3.30. The number of rotatable bonds is 11. The minimum absolute atomic E-state index is 0.00504. The second kappa shape index (κ2) is 12.5. The molecule has 1 amide bonds. The van der Waals surface area contributed by atoms with Crippen molar-refractivity contribution in [3.05, 3.63) is 47.0 Å². The van der Waals surface area contributed by atoms with E-state index in [1.807, 2.05) is 45.0 Å². The molecule has 0 aromatic carbocycles. The number of aliphatic hydroxyl groups is 1. The van der Waals surface area contributed by atoms with Crippen LogP contribution in [0.25, 0.3) is 0 Å². The Hall–Kier alpha value is -2.21. The maximum atomic E-state index is 13.2. The third kappa shape index (κ3) is 9.08. The van der Waals surface area contributed by atoms with Crippen LogP contribution in [0.2, 0.25) is 0 Å². The van der Waals surface area contributed by atoms with E-state index in [4.69, 9.17) is 10.5 Å². The average molecular weight is 420 g/mol. The first-order valence-electron chi connectivity index (χ1n) is 10.9. The molecule has 0 radical (unpaired) electrons. The van der Waals surface area contributed by atoms with E-state index in [-0.39, 0.29) is 24.5 Å². The highest BCUT2D eigenvalue weighted by molar-refractivity contribution is 5.81. The largest absolute Gasteiger partial charge is 0.491 e. The lowest BCUT2D eigenvalue weighted by Crippen LogP contribution is -2.44. The van der Waals surface area contributed by atoms with Gasteiger partial charge in [-0.15, -0.1) is 0 Å². The van der Waals surface area contributed by atoms with Gasteiger partial charge >= 0.3 is 0 Å². The van der Waals surface area contributed by atoms with Crippen LogP contribution in [0, 0.1) is 5.92 Å². The molecular formula is C24H41N3O3. The Kier molecular flexibility index (Phi) is 10.7. The van der Waals surface area contributed by atoms with Crippen molar-refractivity contribution >= 4 is 5.91 Å². The molecule has 0 aliphatic carbocycles. The molecule has 1 aliphatic rings. The van der Waals surface area contributed by atoms with E-state index in [1.165, 1.54) is 5.57 Å². The van der Waals surface area contributed by atoms with Gasteiger partial charge in [0.1, 0.15) is 11.9 Å². The fraction of sp³-hybridized carbons (Fsp3) is 0.625. The summed E-state index contributed by atoms with van der Waals surface area (Å²) in [6.07, 6.45) is 9.02. The van der Waals surface area contributed by atoms with E-state index in [0.29, 0.717) is 18.8 Å². The maximum Gasteiger partial charge on any atom is 0.229 e. The van der Waals surface area contributed by atoms with Crippen molar-refractivity contribution in [2.45, 2.75) is 66.6 Å². The average Bonchev–Trinajstić information content (AvgIpc) is 2.64. The lowest BCUT2D eigenvalue weighted by Gasteiger charge is -2.31. The van der Waals surface area contributed by atoms with Crippen molar-refractivity contribution < 1.29 is 14.6 Å². The van der Waals surface area contributed by atoms with Gasteiger partial charge in [-0.05, 0) is 47.5 Å². The van der Waals surface area contributed by atoms with Gasteiger partial charge in [0.05, 0.1) is 30.8 Å². The van der Waals surface area contributed by atoms with Gasteiger partial charge in [-0.1, -0.05) is 30.2 Å². The number of carbonyl (C=O) groups excluding carboxylic acids is 1. The lowest BCUT2D eigenvalue weighted by molar-refractivity contribution is -0.136. The minimum Gasteiger partial charge on any atom is -0.491 e. The topological polar surface area (TPSA) is 79.0 Å². The standard InChI is InChI=1S/C24H41N3O3/c1-8-17(2)10-9-11-18(3)21(6)24(29)27(13-19(4)28)14-20(5)30-23-12-22(25)15-26(7)16-23/h10-12,15,19-21,28H,8-9,13-14,16,25H2,1-7H3/b17-10-,18-11-. The SMILES string of the molecule is CC/C(C)=C\C/C=C(/C)C(C)C(=O)N(CC(C)O)CC(C)OC1=CC(N)=CN(C)C1. The van der Waals surface area contributed by atoms with E-state index in [1.54, 1.807) is 11.8 Å². The van der Waals surface area contributed by atoms with Crippen molar-refractivity contribution in [2.75, 3.05) is 26.7 Å². The van der Waals surface area contributed by atoms with E-state index in [2.05, 4.69) is 26.0 Å². The molecule has 0 saturated heterocycles. The van der Waals surface area contributed by atoms with Gasteiger partial charge in [0, 0.05) is 25.9 Å². The molecule has 0 saturated carbocycles. The molecule has 1 heterocycles. The molecule has 1 rings (SSSR count). The van der Waals surface area contributed by atoms with Crippen molar-refractivity contribution in [2.24, 2.45) is 11.7 Å². The molecule has 3 N–H and O–H groups in total. The number of carbonyl (C=O) groups is 1.